The molecule has 2 aromatic rings. The second-order valence-corrected chi connectivity index (χ2v) is 5.36. The second-order valence-electron chi connectivity index (χ2n) is 5.36. The van der Waals surface area contributed by atoms with Crippen molar-refractivity contribution in [2.45, 2.75) is 32.0 Å². The summed E-state index contributed by atoms with van der Waals surface area (Å²) in [6.07, 6.45) is 5.67. The molecule has 0 spiro atoms. The number of aliphatic hydroxyl groups excluding tert-OH is 1. The monoisotopic (exact) mass is 272 g/mol. The predicted molar refractivity (Wildman–Crippen MR) is 75.9 cm³/mol. The van der Waals surface area contributed by atoms with E-state index in [1.165, 1.54) is 5.56 Å². The molecule has 5 heteroatoms. The number of hydrogen-bond donors (Lipinski definition) is 1. The molecule has 1 fully saturated rings. The molecule has 0 atom stereocenters. The molecule has 1 aromatic heterocycles. The highest BCUT2D eigenvalue weighted by Gasteiger charge is 2.20. The van der Waals surface area contributed by atoms with Crippen LogP contribution < -0.4 is 0 Å². The lowest BCUT2D eigenvalue weighted by molar-refractivity contribution is 0.173. The van der Waals surface area contributed by atoms with Crippen molar-refractivity contribution in [3.63, 3.8) is 0 Å². The number of nitrogens with zero attached hydrogens (tertiary/aromatic N) is 4. The van der Waals surface area contributed by atoms with Gasteiger partial charge in [0.1, 0.15) is 12.7 Å². The Morgan fingerprint density at radius 1 is 1.10 bits per heavy atom. The summed E-state index contributed by atoms with van der Waals surface area (Å²) in [5.74, 6) is 0. The molecule has 0 radical (unpaired) electrons. The maximum Gasteiger partial charge on any atom is 0.137 e. The number of piperidine rings is 1. The fourth-order valence-electron chi connectivity index (χ4n) is 2.76. The SMILES string of the molecule is OCc1ccc(CN2CCC(n3cncn3)CC2)cc1. The second kappa shape index (κ2) is 6.15. The van der Waals surface area contributed by atoms with Gasteiger partial charge in [0, 0.05) is 19.6 Å². The van der Waals surface area contributed by atoms with Crippen LogP contribution >= 0.6 is 0 Å². The van der Waals surface area contributed by atoms with E-state index in [9.17, 15) is 0 Å². The van der Waals surface area contributed by atoms with Gasteiger partial charge in [0.15, 0.2) is 0 Å². The number of benzene rings is 1. The molecule has 3 rings (SSSR count). The summed E-state index contributed by atoms with van der Waals surface area (Å²) in [6, 6.07) is 8.70. The van der Waals surface area contributed by atoms with Gasteiger partial charge in [0.2, 0.25) is 0 Å². The van der Waals surface area contributed by atoms with Gasteiger partial charge in [-0.3, -0.25) is 4.90 Å². The molecule has 2 heterocycles. The van der Waals surface area contributed by atoms with Gasteiger partial charge in [-0.2, -0.15) is 5.10 Å². The van der Waals surface area contributed by atoms with Gasteiger partial charge in [0.05, 0.1) is 12.6 Å². The molecule has 20 heavy (non-hydrogen) atoms. The molecular formula is C15H20N4O. The van der Waals surface area contributed by atoms with Crippen molar-refractivity contribution in [1.29, 1.82) is 0 Å². The van der Waals surface area contributed by atoms with Crippen LogP contribution in [0.3, 0.4) is 0 Å². The maximum atomic E-state index is 9.05. The molecule has 1 aromatic carbocycles. The van der Waals surface area contributed by atoms with Gasteiger partial charge in [0.25, 0.3) is 0 Å². The Bertz CT molecular complexity index is 515. The van der Waals surface area contributed by atoms with Crippen LogP contribution in [0.2, 0.25) is 0 Å². The molecule has 106 valence electrons. The summed E-state index contributed by atoms with van der Waals surface area (Å²) >= 11 is 0. The Morgan fingerprint density at radius 2 is 1.80 bits per heavy atom. The third-order valence-corrected chi connectivity index (χ3v) is 3.98. The van der Waals surface area contributed by atoms with Gasteiger partial charge >= 0.3 is 0 Å². The Kier molecular flexibility index (Phi) is 4.08. The molecule has 1 aliphatic rings. The Labute approximate surface area is 118 Å². The lowest BCUT2D eigenvalue weighted by atomic mass is 10.0. The maximum absolute atomic E-state index is 9.05. The van der Waals surface area contributed by atoms with E-state index in [2.05, 4.69) is 27.1 Å². The minimum Gasteiger partial charge on any atom is -0.392 e. The Balaban J connectivity index is 1.53. The molecule has 5 nitrogen and oxygen atoms in total. The summed E-state index contributed by atoms with van der Waals surface area (Å²) in [4.78, 5) is 6.49. The number of aromatic nitrogens is 3. The first-order valence-corrected chi connectivity index (χ1v) is 7.10. The van der Waals surface area contributed by atoms with Crippen molar-refractivity contribution in [2.24, 2.45) is 0 Å². The topological polar surface area (TPSA) is 54.2 Å². The van der Waals surface area contributed by atoms with Crippen LogP contribution in [0.15, 0.2) is 36.9 Å². The molecule has 1 N–H and O–H groups in total. The van der Waals surface area contributed by atoms with E-state index in [1.54, 1.807) is 6.33 Å². The smallest absolute Gasteiger partial charge is 0.137 e. The van der Waals surface area contributed by atoms with E-state index in [1.807, 2.05) is 23.1 Å². The van der Waals surface area contributed by atoms with Crippen LogP contribution in [0, 0.1) is 0 Å². The highest BCUT2D eigenvalue weighted by molar-refractivity contribution is 5.21. The fourth-order valence-corrected chi connectivity index (χ4v) is 2.76. The minimum absolute atomic E-state index is 0.115. The third kappa shape index (κ3) is 3.05. The van der Waals surface area contributed by atoms with Crippen LogP contribution in [-0.2, 0) is 13.2 Å². The lowest BCUT2D eigenvalue weighted by Crippen LogP contribution is -2.34. The van der Waals surface area contributed by atoms with Crippen molar-refractivity contribution in [1.82, 2.24) is 19.7 Å². The van der Waals surface area contributed by atoms with Crippen LogP contribution in [0.1, 0.15) is 30.0 Å². The standard InChI is InChI=1S/C15H20N4O/c20-10-14-3-1-13(2-4-14)9-18-7-5-15(6-8-18)19-12-16-11-17-19/h1-4,11-12,15,20H,5-10H2. The average molecular weight is 272 g/mol. The number of rotatable bonds is 4. The van der Waals surface area contributed by atoms with Crippen LogP contribution in [0.25, 0.3) is 0 Å². The van der Waals surface area contributed by atoms with Crippen molar-refractivity contribution in [3.05, 3.63) is 48.0 Å². The van der Waals surface area contributed by atoms with E-state index in [0.717, 1.165) is 38.0 Å². The predicted octanol–water partition coefficient (Wildman–Crippen LogP) is 1.61. The summed E-state index contributed by atoms with van der Waals surface area (Å²) < 4.78 is 1.98. The zero-order chi connectivity index (χ0) is 13.8. The summed E-state index contributed by atoms with van der Waals surface area (Å²) in [5, 5.41) is 13.3. The van der Waals surface area contributed by atoms with Crippen LogP contribution in [0.4, 0.5) is 0 Å². The van der Waals surface area contributed by atoms with E-state index < -0.39 is 0 Å². The molecule has 1 aliphatic heterocycles. The molecule has 0 aliphatic carbocycles. The molecule has 0 bridgehead atoms. The van der Waals surface area contributed by atoms with Gasteiger partial charge < -0.3 is 5.11 Å². The molecule has 0 amide bonds. The zero-order valence-electron chi connectivity index (χ0n) is 11.5. The first-order chi connectivity index (χ1) is 9.85. The average Bonchev–Trinajstić information content (AvgIpc) is 3.03. The summed E-state index contributed by atoms with van der Waals surface area (Å²) in [7, 11) is 0. The quantitative estimate of drug-likeness (QED) is 0.918. The van der Waals surface area contributed by atoms with Gasteiger partial charge in [-0.1, -0.05) is 24.3 Å². The molecular weight excluding hydrogens is 252 g/mol. The zero-order valence-corrected chi connectivity index (χ0v) is 11.5. The lowest BCUT2D eigenvalue weighted by Gasteiger charge is -2.31. The molecule has 1 saturated heterocycles. The first-order valence-electron chi connectivity index (χ1n) is 7.10. The molecule has 0 saturated carbocycles. The van der Waals surface area contributed by atoms with E-state index in [4.69, 9.17) is 5.11 Å². The molecule has 0 unspecified atom stereocenters. The van der Waals surface area contributed by atoms with Crippen LogP contribution in [-0.4, -0.2) is 37.9 Å². The largest absolute Gasteiger partial charge is 0.392 e. The highest BCUT2D eigenvalue weighted by atomic mass is 16.3. The van der Waals surface area contributed by atoms with E-state index >= 15 is 0 Å². The van der Waals surface area contributed by atoms with E-state index in [0.29, 0.717) is 6.04 Å². The summed E-state index contributed by atoms with van der Waals surface area (Å²) in [6.45, 7) is 3.28. The van der Waals surface area contributed by atoms with Crippen molar-refractivity contribution < 1.29 is 5.11 Å². The van der Waals surface area contributed by atoms with Gasteiger partial charge in [-0.05, 0) is 24.0 Å². The number of likely N-dealkylation sites (tertiary alicyclic amines) is 1. The van der Waals surface area contributed by atoms with Crippen molar-refractivity contribution >= 4 is 0 Å². The van der Waals surface area contributed by atoms with E-state index in [-0.39, 0.29) is 6.61 Å². The Hall–Kier alpha value is -1.72. The van der Waals surface area contributed by atoms with Crippen LogP contribution in [0.5, 0.6) is 0 Å². The highest BCUT2D eigenvalue weighted by Crippen LogP contribution is 2.22. The normalized spacial score (nSPS) is 17.4. The Morgan fingerprint density at radius 3 is 2.40 bits per heavy atom. The first kappa shape index (κ1) is 13.3. The van der Waals surface area contributed by atoms with Gasteiger partial charge in [-0.25, -0.2) is 9.67 Å². The number of aliphatic hydroxyl groups is 1. The number of hydrogen-bond acceptors (Lipinski definition) is 4. The minimum atomic E-state index is 0.115. The van der Waals surface area contributed by atoms with Crippen molar-refractivity contribution in [2.75, 3.05) is 13.1 Å². The third-order valence-electron chi connectivity index (χ3n) is 3.98. The fraction of sp³-hybridized carbons (Fsp3) is 0.467. The van der Waals surface area contributed by atoms with Gasteiger partial charge in [-0.15, -0.1) is 0 Å². The summed E-state index contributed by atoms with van der Waals surface area (Å²) in [5.41, 5.74) is 2.28. The van der Waals surface area contributed by atoms with Crippen molar-refractivity contribution in [3.8, 4) is 0 Å².